The molecule has 0 amide bonds. The second-order valence-corrected chi connectivity index (χ2v) is 3.48. The third-order valence-electron chi connectivity index (χ3n) is 1.82. The molecule has 0 radical (unpaired) electrons. The molecular weight excluding hydrogens is 186 g/mol. The molecule has 0 bridgehead atoms. The van der Waals surface area contributed by atoms with Gasteiger partial charge in [0.05, 0.1) is 10.7 Å². The Bertz CT molecular complexity index is 265. The number of nitrogens with two attached hydrogens (primary N) is 1. The summed E-state index contributed by atoms with van der Waals surface area (Å²) in [7, 11) is 0. The summed E-state index contributed by atoms with van der Waals surface area (Å²) in [5.74, 6) is 0.448. The van der Waals surface area contributed by atoms with Crippen LogP contribution < -0.4 is 11.1 Å². The van der Waals surface area contributed by atoms with E-state index in [-0.39, 0.29) is 0 Å². The lowest BCUT2D eigenvalue weighted by Crippen LogP contribution is -2.19. The Labute approximate surface area is 83.3 Å². The maximum atomic E-state index is 5.89. The molecule has 0 aliphatic carbocycles. The predicted molar refractivity (Wildman–Crippen MR) is 56.0 cm³/mol. The zero-order valence-corrected chi connectivity index (χ0v) is 8.38. The van der Waals surface area contributed by atoms with Crippen LogP contribution in [0, 0.1) is 5.92 Å². The quantitative estimate of drug-likeness (QED) is 0.777. The molecule has 0 spiro atoms. The van der Waals surface area contributed by atoms with Crippen molar-refractivity contribution < 1.29 is 0 Å². The topological polar surface area (TPSA) is 50.9 Å². The van der Waals surface area contributed by atoms with Gasteiger partial charge in [-0.15, -0.1) is 0 Å². The van der Waals surface area contributed by atoms with Gasteiger partial charge in [-0.05, 0) is 18.5 Å². The molecule has 4 heteroatoms. The van der Waals surface area contributed by atoms with E-state index < -0.39 is 0 Å². The van der Waals surface area contributed by atoms with Crippen LogP contribution in [-0.4, -0.2) is 18.1 Å². The SMILES string of the molecule is CC(CN)CNc1ccncc1Cl. The molecule has 0 saturated carbocycles. The van der Waals surface area contributed by atoms with E-state index in [1.54, 1.807) is 12.4 Å². The first-order valence-electron chi connectivity index (χ1n) is 4.27. The number of pyridine rings is 1. The maximum absolute atomic E-state index is 5.89. The van der Waals surface area contributed by atoms with Crippen molar-refractivity contribution in [2.24, 2.45) is 11.7 Å². The number of nitrogens with one attached hydrogen (secondary N) is 1. The minimum Gasteiger partial charge on any atom is -0.383 e. The lowest BCUT2D eigenvalue weighted by Gasteiger charge is -2.11. The fraction of sp³-hybridized carbons (Fsp3) is 0.444. The van der Waals surface area contributed by atoms with E-state index in [0.717, 1.165) is 12.2 Å². The van der Waals surface area contributed by atoms with Crippen LogP contribution in [0.25, 0.3) is 0 Å². The molecular formula is C9H14ClN3. The summed E-state index contributed by atoms with van der Waals surface area (Å²) >= 11 is 5.89. The van der Waals surface area contributed by atoms with Gasteiger partial charge in [0.15, 0.2) is 0 Å². The number of rotatable bonds is 4. The van der Waals surface area contributed by atoms with Crippen molar-refractivity contribution in [2.45, 2.75) is 6.92 Å². The zero-order valence-electron chi connectivity index (χ0n) is 7.63. The number of aromatic nitrogens is 1. The van der Waals surface area contributed by atoms with Crippen molar-refractivity contribution in [2.75, 3.05) is 18.4 Å². The number of anilines is 1. The molecule has 1 unspecified atom stereocenters. The Morgan fingerprint density at radius 2 is 2.46 bits per heavy atom. The number of hydrogen-bond donors (Lipinski definition) is 2. The Hall–Kier alpha value is -0.800. The summed E-state index contributed by atoms with van der Waals surface area (Å²) in [6.45, 7) is 3.60. The third kappa shape index (κ3) is 3.20. The minimum absolute atomic E-state index is 0.448. The minimum atomic E-state index is 0.448. The van der Waals surface area contributed by atoms with Gasteiger partial charge in [0, 0.05) is 18.9 Å². The van der Waals surface area contributed by atoms with Crippen LogP contribution in [0.15, 0.2) is 18.5 Å². The van der Waals surface area contributed by atoms with Gasteiger partial charge in [-0.3, -0.25) is 4.98 Å². The molecule has 3 N–H and O–H groups in total. The molecule has 1 atom stereocenters. The van der Waals surface area contributed by atoms with E-state index in [9.17, 15) is 0 Å². The van der Waals surface area contributed by atoms with Crippen LogP contribution >= 0.6 is 11.6 Å². The standard InChI is InChI=1S/C9H14ClN3/c1-7(4-11)5-13-9-2-3-12-6-8(9)10/h2-3,6-7H,4-5,11H2,1H3,(H,12,13). The summed E-state index contributed by atoms with van der Waals surface area (Å²) in [4.78, 5) is 3.90. The van der Waals surface area contributed by atoms with Crippen LogP contribution in [0.2, 0.25) is 5.02 Å². The number of halogens is 1. The van der Waals surface area contributed by atoms with Gasteiger partial charge in [-0.2, -0.15) is 0 Å². The van der Waals surface area contributed by atoms with Gasteiger partial charge in [0.1, 0.15) is 0 Å². The van der Waals surface area contributed by atoms with E-state index >= 15 is 0 Å². The normalized spacial score (nSPS) is 12.5. The van der Waals surface area contributed by atoms with Gasteiger partial charge >= 0.3 is 0 Å². The summed E-state index contributed by atoms with van der Waals surface area (Å²) in [6.07, 6.45) is 3.33. The Morgan fingerprint density at radius 1 is 1.69 bits per heavy atom. The lowest BCUT2D eigenvalue weighted by molar-refractivity contribution is 0.628. The molecule has 0 aliphatic rings. The predicted octanol–water partition coefficient (Wildman–Crippen LogP) is 1.74. The number of hydrogen-bond acceptors (Lipinski definition) is 3. The van der Waals surface area contributed by atoms with E-state index in [1.807, 2.05) is 6.07 Å². The molecule has 72 valence electrons. The summed E-state index contributed by atoms with van der Waals surface area (Å²) in [5.41, 5.74) is 6.40. The number of nitrogens with zero attached hydrogens (tertiary/aromatic N) is 1. The molecule has 1 rings (SSSR count). The van der Waals surface area contributed by atoms with Crippen LogP contribution in [0.3, 0.4) is 0 Å². The molecule has 0 fully saturated rings. The Morgan fingerprint density at radius 3 is 3.08 bits per heavy atom. The van der Waals surface area contributed by atoms with Crippen LogP contribution in [0.4, 0.5) is 5.69 Å². The third-order valence-corrected chi connectivity index (χ3v) is 2.12. The molecule has 3 nitrogen and oxygen atoms in total. The average molecular weight is 200 g/mol. The first-order chi connectivity index (χ1) is 6.24. The highest BCUT2D eigenvalue weighted by Gasteiger charge is 2.01. The van der Waals surface area contributed by atoms with Crippen molar-refractivity contribution >= 4 is 17.3 Å². The second-order valence-electron chi connectivity index (χ2n) is 3.08. The highest BCUT2D eigenvalue weighted by Crippen LogP contribution is 2.18. The van der Waals surface area contributed by atoms with E-state index in [1.165, 1.54) is 0 Å². The maximum Gasteiger partial charge on any atom is 0.0820 e. The first kappa shape index (κ1) is 10.3. The van der Waals surface area contributed by atoms with Crippen molar-refractivity contribution in [1.82, 2.24) is 4.98 Å². The fourth-order valence-corrected chi connectivity index (χ4v) is 1.07. The lowest BCUT2D eigenvalue weighted by atomic mass is 10.2. The largest absolute Gasteiger partial charge is 0.383 e. The second kappa shape index (κ2) is 5.04. The van der Waals surface area contributed by atoms with E-state index in [0.29, 0.717) is 17.5 Å². The van der Waals surface area contributed by atoms with Gasteiger partial charge in [-0.1, -0.05) is 18.5 Å². The van der Waals surface area contributed by atoms with Gasteiger partial charge in [0.2, 0.25) is 0 Å². The zero-order chi connectivity index (χ0) is 9.68. The molecule has 13 heavy (non-hydrogen) atoms. The van der Waals surface area contributed by atoms with E-state index in [2.05, 4.69) is 17.2 Å². The van der Waals surface area contributed by atoms with Crippen molar-refractivity contribution in [3.63, 3.8) is 0 Å². The highest BCUT2D eigenvalue weighted by atomic mass is 35.5. The van der Waals surface area contributed by atoms with Gasteiger partial charge < -0.3 is 11.1 Å². The Balaban J connectivity index is 2.50. The van der Waals surface area contributed by atoms with Gasteiger partial charge in [-0.25, -0.2) is 0 Å². The molecule has 0 saturated heterocycles. The van der Waals surface area contributed by atoms with Crippen molar-refractivity contribution in [1.29, 1.82) is 0 Å². The molecule has 1 aromatic rings. The smallest absolute Gasteiger partial charge is 0.0820 e. The van der Waals surface area contributed by atoms with Crippen LogP contribution in [0.1, 0.15) is 6.92 Å². The molecule has 0 aliphatic heterocycles. The van der Waals surface area contributed by atoms with Crippen molar-refractivity contribution in [3.05, 3.63) is 23.5 Å². The fourth-order valence-electron chi connectivity index (χ4n) is 0.886. The Kier molecular flexibility index (Phi) is 3.99. The molecule has 0 aromatic carbocycles. The van der Waals surface area contributed by atoms with Crippen molar-refractivity contribution in [3.8, 4) is 0 Å². The molecule has 1 heterocycles. The molecule has 1 aromatic heterocycles. The highest BCUT2D eigenvalue weighted by molar-refractivity contribution is 6.33. The van der Waals surface area contributed by atoms with Gasteiger partial charge in [0.25, 0.3) is 0 Å². The van der Waals surface area contributed by atoms with E-state index in [4.69, 9.17) is 17.3 Å². The summed E-state index contributed by atoms with van der Waals surface area (Å²) in [5, 5.41) is 3.86. The monoisotopic (exact) mass is 199 g/mol. The average Bonchev–Trinajstić information content (AvgIpc) is 2.16. The first-order valence-corrected chi connectivity index (χ1v) is 4.65. The van der Waals surface area contributed by atoms with Crippen LogP contribution in [-0.2, 0) is 0 Å². The van der Waals surface area contributed by atoms with Crippen LogP contribution in [0.5, 0.6) is 0 Å². The summed E-state index contributed by atoms with van der Waals surface area (Å²) in [6, 6.07) is 1.85. The summed E-state index contributed by atoms with van der Waals surface area (Å²) < 4.78 is 0.